The molecule has 6 nitrogen and oxygen atoms in total. The van der Waals surface area contributed by atoms with Gasteiger partial charge in [0.2, 0.25) is 5.75 Å². The minimum Gasteiger partial charge on any atom is -0.493 e. The molecular formula is C21H22F3N3O3S. The summed E-state index contributed by atoms with van der Waals surface area (Å²) in [7, 11) is 4.46. The molecule has 3 rings (SSSR count). The van der Waals surface area contributed by atoms with Crippen molar-refractivity contribution in [1.29, 1.82) is 0 Å². The highest BCUT2D eigenvalue weighted by Gasteiger charge is 2.31. The Morgan fingerprint density at radius 1 is 0.935 bits per heavy atom. The average Bonchev–Trinajstić information content (AvgIpc) is 3.14. The van der Waals surface area contributed by atoms with Crippen LogP contribution in [0.25, 0.3) is 17.1 Å². The van der Waals surface area contributed by atoms with E-state index in [0.717, 1.165) is 12.1 Å². The van der Waals surface area contributed by atoms with Crippen molar-refractivity contribution in [2.75, 3.05) is 21.3 Å². The quantitative estimate of drug-likeness (QED) is 0.442. The molecule has 3 aromatic rings. The first-order valence-corrected chi connectivity index (χ1v) is 10.2. The van der Waals surface area contributed by atoms with Crippen molar-refractivity contribution in [1.82, 2.24) is 14.8 Å². The van der Waals surface area contributed by atoms with Crippen LogP contribution in [-0.4, -0.2) is 41.3 Å². The third-order valence-corrected chi connectivity index (χ3v) is 5.28. The van der Waals surface area contributed by atoms with Gasteiger partial charge in [0.25, 0.3) is 0 Å². The molecule has 0 aliphatic rings. The second-order valence-electron chi connectivity index (χ2n) is 6.77. The third kappa shape index (κ3) is 4.73. The fraction of sp³-hybridized carbons (Fsp3) is 0.333. The lowest BCUT2D eigenvalue weighted by atomic mass is 10.1. The van der Waals surface area contributed by atoms with Gasteiger partial charge in [0.15, 0.2) is 22.5 Å². The molecule has 166 valence electrons. The van der Waals surface area contributed by atoms with Crippen LogP contribution in [0.4, 0.5) is 13.2 Å². The Balaban J connectivity index is 2.26. The van der Waals surface area contributed by atoms with Crippen molar-refractivity contribution in [3.05, 3.63) is 42.0 Å². The molecule has 0 N–H and O–H groups in total. The fourth-order valence-corrected chi connectivity index (χ4v) is 3.82. The lowest BCUT2D eigenvalue weighted by molar-refractivity contribution is -0.137. The molecular weight excluding hydrogens is 431 g/mol. The van der Waals surface area contributed by atoms with E-state index in [1.165, 1.54) is 39.2 Å². The molecule has 0 saturated heterocycles. The predicted octanol–water partition coefficient (Wildman–Crippen LogP) is 5.48. The standard InChI is InChI=1S/C21H22F3N3O3S/c1-12(2)31-20-26-25-19(13-9-16(28-3)18(30-5)17(10-13)29-4)27(20)15-8-6-7-14(11-15)21(22,23)24/h6-12H,1-5H3. The van der Waals surface area contributed by atoms with Gasteiger partial charge >= 0.3 is 6.18 Å². The maximum Gasteiger partial charge on any atom is 0.416 e. The van der Waals surface area contributed by atoms with Crippen molar-refractivity contribution < 1.29 is 27.4 Å². The topological polar surface area (TPSA) is 58.4 Å². The van der Waals surface area contributed by atoms with Gasteiger partial charge in [-0.15, -0.1) is 10.2 Å². The van der Waals surface area contributed by atoms with Gasteiger partial charge < -0.3 is 14.2 Å². The minimum atomic E-state index is -4.47. The lowest BCUT2D eigenvalue weighted by Gasteiger charge is -2.16. The molecule has 0 bridgehead atoms. The van der Waals surface area contributed by atoms with Gasteiger partial charge in [0.1, 0.15) is 0 Å². The zero-order valence-corrected chi connectivity index (χ0v) is 18.5. The smallest absolute Gasteiger partial charge is 0.416 e. The summed E-state index contributed by atoms with van der Waals surface area (Å²) in [5.74, 6) is 1.54. The largest absolute Gasteiger partial charge is 0.493 e. The molecule has 2 aromatic carbocycles. The normalized spacial score (nSPS) is 11.6. The number of methoxy groups -OCH3 is 3. The van der Waals surface area contributed by atoms with E-state index >= 15 is 0 Å². The van der Waals surface area contributed by atoms with Crippen LogP contribution >= 0.6 is 11.8 Å². The molecule has 0 atom stereocenters. The van der Waals surface area contributed by atoms with Crippen molar-refractivity contribution in [2.24, 2.45) is 0 Å². The number of nitrogens with zero attached hydrogens (tertiary/aromatic N) is 3. The van der Waals surface area contributed by atoms with Crippen LogP contribution in [0.2, 0.25) is 0 Å². The molecule has 0 aliphatic carbocycles. The van der Waals surface area contributed by atoms with Crippen LogP contribution in [0, 0.1) is 0 Å². The number of hydrogen-bond donors (Lipinski definition) is 0. The summed E-state index contributed by atoms with van der Waals surface area (Å²) in [6.07, 6.45) is -4.47. The monoisotopic (exact) mass is 453 g/mol. The highest BCUT2D eigenvalue weighted by atomic mass is 32.2. The summed E-state index contributed by atoms with van der Waals surface area (Å²) in [5, 5.41) is 9.12. The lowest BCUT2D eigenvalue weighted by Crippen LogP contribution is -2.07. The van der Waals surface area contributed by atoms with E-state index in [-0.39, 0.29) is 5.25 Å². The van der Waals surface area contributed by atoms with E-state index in [2.05, 4.69) is 10.2 Å². The molecule has 0 fully saturated rings. The van der Waals surface area contributed by atoms with Gasteiger partial charge in [-0.3, -0.25) is 4.57 Å². The SMILES string of the molecule is COc1cc(-c2nnc(SC(C)C)n2-c2cccc(C(F)(F)F)c2)cc(OC)c1OC. The van der Waals surface area contributed by atoms with E-state index < -0.39 is 11.7 Å². The zero-order chi connectivity index (χ0) is 22.8. The Labute approximate surface area is 182 Å². The number of thioether (sulfide) groups is 1. The van der Waals surface area contributed by atoms with Crippen LogP contribution in [-0.2, 0) is 6.18 Å². The molecule has 1 heterocycles. The van der Waals surface area contributed by atoms with Gasteiger partial charge in [-0.05, 0) is 30.3 Å². The number of hydrogen-bond acceptors (Lipinski definition) is 6. The molecule has 31 heavy (non-hydrogen) atoms. The Kier molecular flexibility index (Phi) is 6.68. The molecule has 0 saturated carbocycles. The molecule has 10 heteroatoms. The Morgan fingerprint density at radius 2 is 1.58 bits per heavy atom. The predicted molar refractivity (Wildman–Crippen MR) is 112 cm³/mol. The third-order valence-electron chi connectivity index (χ3n) is 4.33. The van der Waals surface area contributed by atoms with Crippen molar-refractivity contribution >= 4 is 11.8 Å². The molecule has 0 spiro atoms. The van der Waals surface area contributed by atoms with Gasteiger partial charge in [-0.1, -0.05) is 31.7 Å². The Bertz CT molecular complexity index is 1040. The highest BCUT2D eigenvalue weighted by Crippen LogP contribution is 2.42. The van der Waals surface area contributed by atoms with E-state index in [0.29, 0.717) is 39.5 Å². The first kappa shape index (κ1) is 22.8. The number of ether oxygens (including phenoxy) is 3. The molecule has 0 aliphatic heterocycles. The molecule has 1 aromatic heterocycles. The maximum absolute atomic E-state index is 13.3. The van der Waals surface area contributed by atoms with Gasteiger partial charge in [-0.25, -0.2) is 0 Å². The summed E-state index contributed by atoms with van der Waals surface area (Å²) in [6.45, 7) is 3.93. The van der Waals surface area contributed by atoms with Gasteiger partial charge in [-0.2, -0.15) is 13.2 Å². The Morgan fingerprint density at radius 3 is 2.10 bits per heavy atom. The van der Waals surface area contributed by atoms with Crippen LogP contribution in [0.5, 0.6) is 17.2 Å². The molecule has 0 radical (unpaired) electrons. The number of rotatable bonds is 7. The first-order chi connectivity index (χ1) is 14.7. The minimum absolute atomic E-state index is 0.140. The van der Waals surface area contributed by atoms with E-state index in [1.807, 2.05) is 13.8 Å². The summed E-state index contributed by atoms with van der Waals surface area (Å²) in [4.78, 5) is 0. The van der Waals surface area contributed by atoms with Gasteiger partial charge in [0.05, 0.1) is 32.6 Å². The van der Waals surface area contributed by atoms with E-state index in [4.69, 9.17) is 14.2 Å². The van der Waals surface area contributed by atoms with Crippen LogP contribution in [0.1, 0.15) is 19.4 Å². The second kappa shape index (κ2) is 9.09. The van der Waals surface area contributed by atoms with E-state index in [9.17, 15) is 13.2 Å². The summed E-state index contributed by atoms with van der Waals surface area (Å²) in [6, 6.07) is 8.42. The number of aromatic nitrogens is 3. The highest BCUT2D eigenvalue weighted by molar-refractivity contribution is 7.99. The van der Waals surface area contributed by atoms with Crippen molar-refractivity contribution in [3.8, 4) is 34.3 Å². The summed E-state index contributed by atoms with van der Waals surface area (Å²) < 4.78 is 57.8. The van der Waals surface area contributed by atoms with Crippen LogP contribution in [0.15, 0.2) is 41.6 Å². The zero-order valence-electron chi connectivity index (χ0n) is 17.6. The van der Waals surface area contributed by atoms with Crippen molar-refractivity contribution in [3.63, 3.8) is 0 Å². The number of alkyl halides is 3. The molecule has 0 amide bonds. The second-order valence-corrected chi connectivity index (χ2v) is 8.31. The number of halogens is 3. The summed E-state index contributed by atoms with van der Waals surface area (Å²) in [5.41, 5.74) is 0.0942. The summed E-state index contributed by atoms with van der Waals surface area (Å²) >= 11 is 1.40. The average molecular weight is 453 g/mol. The van der Waals surface area contributed by atoms with Crippen molar-refractivity contribution in [2.45, 2.75) is 30.4 Å². The maximum atomic E-state index is 13.3. The van der Waals surface area contributed by atoms with Gasteiger partial charge in [0, 0.05) is 10.8 Å². The van der Waals surface area contributed by atoms with Crippen LogP contribution < -0.4 is 14.2 Å². The fourth-order valence-electron chi connectivity index (χ4n) is 3.01. The Hall–Kier alpha value is -2.88. The molecule has 0 unspecified atom stereocenters. The first-order valence-electron chi connectivity index (χ1n) is 9.29. The van der Waals surface area contributed by atoms with E-state index in [1.54, 1.807) is 22.8 Å². The number of benzene rings is 2. The van der Waals surface area contributed by atoms with Crippen LogP contribution in [0.3, 0.4) is 0 Å².